The molecule has 0 aliphatic heterocycles. The van der Waals surface area contributed by atoms with Gasteiger partial charge in [0.1, 0.15) is 22.5 Å². The lowest BCUT2D eigenvalue weighted by Gasteiger charge is -2.19. The second kappa shape index (κ2) is 8.63. The number of aryl methyl sites for hydroxylation is 2. The highest BCUT2D eigenvalue weighted by molar-refractivity contribution is 7.20. The summed E-state index contributed by atoms with van der Waals surface area (Å²) in [5, 5.41) is 8.59. The van der Waals surface area contributed by atoms with Gasteiger partial charge in [-0.1, -0.05) is 48.5 Å². The maximum Gasteiger partial charge on any atom is 0.262 e. The molecule has 0 aliphatic rings. The first kappa shape index (κ1) is 21.1. The third-order valence-corrected chi connectivity index (χ3v) is 6.76. The van der Waals surface area contributed by atoms with Gasteiger partial charge in [-0.2, -0.15) is 5.10 Å². The fraction of sp³-hybridized carbons (Fsp3) is 0.160. The van der Waals surface area contributed by atoms with Gasteiger partial charge in [-0.05, 0) is 24.6 Å². The van der Waals surface area contributed by atoms with Crippen LogP contribution in [-0.2, 0) is 13.6 Å². The molecule has 0 saturated carbocycles. The third-order valence-electron chi connectivity index (χ3n) is 5.61. The first-order valence-electron chi connectivity index (χ1n) is 10.5. The van der Waals surface area contributed by atoms with E-state index in [0.717, 1.165) is 21.5 Å². The van der Waals surface area contributed by atoms with Gasteiger partial charge in [0.15, 0.2) is 0 Å². The molecule has 8 heteroatoms. The Morgan fingerprint density at radius 3 is 2.64 bits per heavy atom. The molecule has 2 aromatic carbocycles. The zero-order valence-corrected chi connectivity index (χ0v) is 19.0. The van der Waals surface area contributed by atoms with Crippen LogP contribution in [0.4, 0.5) is 4.39 Å². The second-order valence-electron chi connectivity index (χ2n) is 7.88. The van der Waals surface area contributed by atoms with E-state index in [1.165, 1.54) is 17.4 Å². The van der Waals surface area contributed by atoms with Crippen molar-refractivity contribution in [3.63, 3.8) is 0 Å². The van der Waals surface area contributed by atoms with Crippen molar-refractivity contribution in [1.29, 1.82) is 0 Å². The summed E-state index contributed by atoms with van der Waals surface area (Å²) >= 11 is 1.38. The van der Waals surface area contributed by atoms with Crippen LogP contribution in [0.1, 0.15) is 38.4 Å². The first-order chi connectivity index (χ1) is 16.0. The minimum absolute atomic E-state index is 0.280. The van der Waals surface area contributed by atoms with Crippen LogP contribution in [0, 0.1) is 12.7 Å². The molecule has 0 radical (unpaired) electrons. The summed E-state index contributed by atoms with van der Waals surface area (Å²) in [5.41, 5.74) is 2.37. The van der Waals surface area contributed by atoms with E-state index >= 15 is 0 Å². The molecule has 0 aliphatic carbocycles. The maximum atomic E-state index is 14.6. The number of nitrogens with zero attached hydrogens (tertiary/aromatic N) is 4. The van der Waals surface area contributed by atoms with E-state index in [1.54, 1.807) is 35.2 Å². The van der Waals surface area contributed by atoms with E-state index in [1.807, 2.05) is 42.9 Å². The van der Waals surface area contributed by atoms with Crippen molar-refractivity contribution >= 4 is 27.5 Å². The summed E-state index contributed by atoms with van der Waals surface area (Å²) in [4.78, 5) is 19.1. The SMILES string of the molecule is Cc1nn(Cc2ccccc2)c2sc(C(=O)NC(c3ccccc3F)c3nccn3C)cc12. The standard InChI is InChI=1S/C25H22FN5OS/c1-16-19-14-21(33-25(19)31(29-16)15-17-8-4-3-5-9-17)24(32)28-22(23-27-12-13-30(23)2)18-10-6-7-11-20(18)26/h3-14,22H,15H2,1-2H3,(H,28,32). The Morgan fingerprint density at radius 2 is 1.91 bits per heavy atom. The number of carbonyl (C=O) groups is 1. The van der Waals surface area contributed by atoms with Crippen molar-refractivity contribution in [3.05, 3.63) is 106 Å². The predicted octanol–water partition coefficient (Wildman–Crippen LogP) is 4.85. The summed E-state index contributed by atoms with van der Waals surface area (Å²) in [6, 6.07) is 17.7. The Kier molecular flexibility index (Phi) is 5.51. The summed E-state index contributed by atoms with van der Waals surface area (Å²) in [7, 11) is 1.82. The van der Waals surface area contributed by atoms with Gasteiger partial charge >= 0.3 is 0 Å². The van der Waals surface area contributed by atoms with Crippen molar-refractivity contribution in [2.75, 3.05) is 0 Å². The largest absolute Gasteiger partial charge is 0.337 e. The highest BCUT2D eigenvalue weighted by atomic mass is 32.1. The van der Waals surface area contributed by atoms with E-state index in [0.29, 0.717) is 22.8 Å². The fourth-order valence-electron chi connectivity index (χ4n) is 3.94. The van der Waals surface area contributed by atoms with E-state index in [4.69, 9.17) is 0 Å². The van der Waals surface area contributed by atoms with Crippen molar-refractivity contribution in [2.45, 2.75) is 19.5 Å². The Hall–Kier alpha value is -3.78. The van der Waals surface area contributed by atoms with Gasteiger partial charge in [0.2, 0.25) is 0 Å². The summed E-state index contributed by atoms with van der Waals surface area (Å²) in [5.74, 6) is -0.115. The monoisotopic (exact) mass is 459 g/mol. The highest BCUT2D eigenvalue weighted by Crippen LogP contribution is 2.30. The summed E-state index contributed by atoms with van der Waals surface area (Å²) in [6.45, 7) is 2.56. The number of carbonyl (C=O) groups excluding carboxylic acids is 1. The molecule has 6 nitrogen and oxygen atoms in total. The Morgan fingerprint density at radius 1 is 1.15 bits per heavy atom. The molecule has 1 amide bonds. The van der Waals surface area contributed by atoms with Gasteiger partial charge in [0.05, 0.1) is 17.1 Å². The molecule has 0 spiro atoms. The number of nitrogens with one attached hydrogen (secondary N) is 1. The van der Waals surface area contributed by atoms with Crippen molar-refractivity contribution in [3.8, 4) is 0 Å². The zero-order valence-electron chi connectivity index (χ0n) is 18.2. The molecule has 0 saturated heterocycles. The van der Waals surface area contributed by atoms with Gasteiger partial charge in [0.25, 0.3) is 5.91 Å². The first-order valence-corrected chi connectivity index (χ1v) is 11.4. The Balaban J connectivity index is 1.48. The van der Waals surface area contributed by atoms with Crippen LogP contribution in [0.3, 0.4) is 0 Å². The molecule has 5 aromatic rings. The molecular weight excluding hydrogens is 437 g/mol. The molecule has 1 N–H and O–H groups in total. The van der Waals surface area contributed by atoms with Crippen molar-refractivity contribution < 1.29 is 9.18 Å². The van der Waals surface area contributed by atoms with Crippen LogP contribution >= 0.6 is 11.3 Å². The van der Waals surface area contributed by atoms with Gasteiger partial charge in [-0.3, -0.25) is 9.48 Å². The van der Waals surface area contributed by atoms with E-state index in [2.05, 4.69) is 27.5 Å². The number of hydrogen-bond donors (Lipinski definition) is 1. The number of fused-ring (bicyclic) bond motifs is 1. The van der Waals surface area contributed by atoms with E-state index < -0.39 is 11.9 Å². The van der Waals surface area contributed by atoms with E-state index in [9.17, 15) is 9.18 Å². The lowest BCUT2D eigenvalue weighted by Crippen LogP contribution is -2.31. The minimum atomic E-state index is -0.717. The summed E-state index contributed by atoms with van der Waals surface area (Å²) in [6.07, 6.45) is 3.41. The number of amides is 1. The lowest BCUT2D eigenvalue weighted by molar-refractivity contribution is 0.0945. The lowest BCUT2D eigenvalue weighted by atomic mass is 10.1. The van der Waals surface area contributed by atoms with Crippen LogP contribution in [0.5, 0.6) is 0 Å². The van der Waals surface area contributed by atoms with Crippen LogP contribution in [0.15, 0.2) is 73.1 Å². The predicted molar refractivity (Wildman–Crippen MR) is 127 cm³/mol. The number of thiophene rings is 1. The molecule has 1 atom stereocenters. The van der Waals surface area contributed by atoms with Crippen LogP contribution < -0.4 is 5.32 Å². The molecule has 3 aromatic heterocycles. The molecule has 0 fully saturated rings. The Labute approximate surface area is 194 Å². The molecule has 166 valence electrons. The third kappa shape index (κ3) is 4.05. The topological polar surface area (TPSA) is 64.7 Å². The average Bonchev–Trinajstić information content (AvgIpc) is 3.51. The van der Waals surface area contributed by atoms with Gasteiger partial charge < -0.3 is 9.88 Å². The normalized spacial score (nSPS) is 12.2. The summed E-state index contributed by atoms with van der Waals surface area (Å²) < 4.78 is 18.4. The van der Waals surface area contributed by atoms with Crippen LogP contribution in [0.2, 0.25) is 0 Å². The Bertz CT molecular complexity index is 1440. The number of aromatic nitrogens is 4. The van der Waals surface area contributed by atoms with Gasteiger partial charge in [0, 0.05) is 30.4 Å². The maximum absolute atomic E-state index is 14.6. The smallest absolute Gasteiger partial charge is 0.262 e. The van der Waals surface area contributed by atoms with Crippen molar-refractivity contribution in [1.82, 2.24) is 24.6 Å². The molecule has 5 rings (SSSR count). The number of halogens is 1. The zero-order chi connectivity index (χ0) is 22.9. The molecule has 33 heavy (non-hydrogen) atoms. The number of imidazole rings is 1. The van der Waals surface area contributed by atoms with Crippen LogP contribution in [-0.4, -0.2) is 25.2 Å². The molecular formula is C25H22FN5OS. The number of rotatable bonds is 6. The average molecular weight is 460 g/mol. The fourth-order valence-corrected chi connectivity index (χ4v) is 5.00. The van der Waals surface area contributed by atoms with E-state index in [-0.39, 0.29) is 5.91 Å². The van der Waals surface area contributed by atoms with Gasteiger partial charge in [-0.15, -0.1) is 11.3 Å². The molecule has 0 bridgehead atoms. The molecule has 1 unspecified atom stereocenters. The molecule has 3 heterocycles. The van der Waals surface area contributed by atoms with Crippen LogP contribution in [0.25, 0.3) is 10.2 Å². The minimum Gasteiger partial charge on any atom is -0.337 e. The number of hydrogen-bond acceptors (Lipinski definition) is 4. The van der Waals surface area contributed by atoms with Gasteiger partial charge in [-0.25, -0.2) is 9.37 Å². The second-order valence-corrected chi connectivity index (χ2v) is 8.91. The quantitative estimate of drug-likeness (QED) is 0.395. The number of benzene rings is 2. The highest BCUT2D eigenvalue weighted by Gasteiger charge is 2.25. The van der Waals surface area contributed by atoms with Crippen molar-refractivity contribution in [2.24, 2.45) is 7.05 Å².